The first-order valence-electron chi connectivity index (χ1n) is 15.2. The van der Waals surface area contributed by atoms with Crippen molar-refractivity contribution in [1.82, 2.24) is 14.9 Å². The standard InChI is InChI=1S/C32H42N4O8S/c1-21-7-13-25(14-8-21)45(42,43)35-19-5-6-27(35)28(37)34-26(30(39)40)20-22-9-11-24(12-10-22)36(31(41)44-32(2,3)4)29(38)23-15-17-33-18-16-23/h7-14,23,26-27,33H,5-6,15-20H2,1-4H3,(H,34,37)(H,39,40)/t26-,27-/m0/s1. The largest absolute Gasteiger partial charge is 0.480 e. The lowest BCUT2D eigenvalue weighted by molar-refractivity contribution is -0.142. The Morgan fingerprint density at radius 2 is 1.64 bits per heavy atom. The van der Waals surface area contributed by atoms with Crippen molar-refractivity contribution in [2.75, 3.05) is 24.5 Å². The molecule has 4 rings (SSSR count). The normalized spacial score (nSPS) is 18.6. The molecule has 0 aromatic heterocycles. The zero-order chi connectivity index (χ0) is 32.9. The van der Waals surface area contributed by atoms with Gasteiger partial charge in [0.05, 0.1) is 10.6 Å². The minimum absolute atomic E-state index is 0.0711. The number of aryl methyl sites for hydroxylation is 1. The average molecular weight is 643 g/mol. The molecule has 3 amide bonds. The van der Waals surface area contributed by atoms with Crippen molar-refractivity contribution in [2.45, 2.75) is 82.4 Å². The molecule has 45 heavy (non-hydrogen) atoms. The number of carbonyl (C=O) groups excluding carboxylic acids is 3. The first kappa shape index (κ1) is 34.1. The average Bonchev–Trinajstić information content (AvgIpc) is 3.49. The number of hydrogen-bond acceptors (Lipinski definition) is 8. The van der Waals surface area contributed by atoms with Crippen LogP contribution in [0.25, 0.3) is 0 Å². The van der Waals surface area contributed by atoms with E-state index >= 15 is 0 Å². The van der Waals surface area contributed by atoms with Gasteiger partial charge < -0.3 is 20.5 Å². The van der Waals surface area contributed by atoms with Crippen molar-refractivity contribution >= 4 is 39.6 Å². The summed E-state index contributed by atoms with van der Waals surface area (Å²) in [6, 6.07) is 10.2. The lowest BCUT2D eigenvalue weighted by Crippen LogP contribution is -2.51. The molecule has 2 atom stereocenters. The van der Waals surface area contributed by atoms with Crippen LogP contribution >= 0.6 is 0 Å². The summed E-state index contributed by atoms with van der Waals surface area (Å²) in [4.78, 5) is 53.1. The molecule has 0 spiro atoms. The summed E-state index contributed by atoms with van der Waals surface area (Å²) in [5, 5.41) is 15.7. The molecule has 2 aliphatic rings. The van der Waals surface area contributed by atoms with E-state index in [4.69, 9.17) is 4.74 Å². The Bertz CT molecular complexity index is 1500. The van der Waals surface area contributed by atoms with Crippen LogP contribution in [0, 0.1) is 12.8 Å². The van der Waals surface area contributed by atoms with Crippen LogP contribution in [-0.4, -0.2) is 79.0 Å². The number of ether oxygens (including phenoxy) is 1. The highest BCUT2D eigenvalue weighted by atomic mass is 32.2. The molecular weight excluding hydrogens is 600 g/mol. The number of sulfonamides is 1. The maximum Gasteiger partial charge on any atom is 0.421 e. The summed E-state index contributed by atoms with van der Waals surface area (Å²) >= 11 is 0. The summed E-state index contributed by atoms with van der Waals surface area (Å²) in [7, 11) is -3.96. The monoisotopic (exact) mass is 642 g/mol. The van der Waals surface area contributed by atoms with Gasteiger partial charge in [0.15, 0.2) is 0 Å². The molecular formula is C32H42N4O8S. The van der Waals surface area contributed by atoms with Gasteiger partial charge in [0.1, 0.15) is 17.7 Å². The Hall–Kier alpha value is -3.81. The summed E-state index contributed by atoms with van der Waals surface area (Å²) in [6.45, 7) is 8.46. The highest BCUT2D eigenvalue weighted by Crippen LogP contribution is 2.28. The summed E-state index contributed by atoms with van der Waals surface area (Å²) in [5.41, 5.74) is 0.883. The predicted octanol–water partition coefficient (Wildman–Crippen LogP) is 3.23. The van der Waals surface area contributed by atoms with Gasteiger partial charge in [-0.3, -0.25) is 9.59 Å². The maximum atomic E-state index is 13.5. The molecule has 12 nitrogen and oxygen atoms in total. The van der Waals surface area contributed by atoms with Crippen LogP contribution in [0.1, 0.15) is 57.6 Å². The van der Waals surface area contributed by atoms with E-state index in [1.807, 2.05) is 6.92 Å². The van der Waals surface area contributed by atoms with Crippen molar-refractivity contribution in [3.63, 3.8) is 0 Å². The molecule has 0 radical (unpaired) electrons. The van der Waals surface area contributed by atoms with Gasteiger partial charge >= 0.3 is 12.1 Å². The van der Waals surface area contributed by atoms with Gasteiger partial charge in [-0.2, -0.15) is 4.31 Å². The highest BCUT2D eigenvalue weighted by Gasteiger charge is 2.40. The number of imide groups is 1. The lowest BCUT2D eigenvalue weighted by Gasteiger charge is -2.30. The number of aliphatic carboxylic acids is 1. The second-order valence-corrected chi connectivity index (χ2v) is 14.4. The minimum Gasteiger partial charge on any atom is -0.480 e. The minimum atomic E-state index is -3.96. The fraction of sp³-hybridized carbons (Fsp3) is 0.500. The molecule has 13 heteroatoms. The molecule has 2 heterocycles. The molecule has 0 unspecified atom stereocenters. The van der Waals surface area contributed by atoms with Gasteiger partial charge in [0.2, 0.25) is 21.8 Å². The number of amides is 3. The van der Waals surface area contributed by atoms with E-state index in [1.54, 1.807) is 57.2 Å². The zero-order valence-corrected chi connectivity index (χ0v) is 26.9. The van der Waals surface area contributed by atoms with Gasteiger partial charge in [-0.25, -0.2) is 22.9 Å². The third kappa shape index (κ3) is 8.47. The maximum absolute atomic E-state index is 13.5. The smallest absolute Gasteiger partial charge is 0.421 e. The van der Waals surface area contributed by atoms with Crippen molar-refractivity contribution in [1.29, 1.82) is 0 Å². The number of carbonyl (C=O) groups is 4. The second-order valence-electron chi connectivity index (χ2n) is 12.5. The molecule has 0 saturated carbocycles. The summed E-state index contributed by atoms with van der Waals surface area (Å²) in [5.74, 6) is -2.68. The molecule has 2 fully saturated rings. The lowest BCUT2D eigenvalue weighted by atomic mass is 9.96. The summed E-state index contributed by atoms with van der Waals surface area (Å²) in [6.07, 6.45) is 1.00. The van der Waals surface area contributed by atoms with E-state index in [0.29, 0.717) is 37.9 Å². The third-order valence-electron chi connectivity index (χ3n) is 7.87. The molecule has 2 aromatic carbocycles. The van der Waals surface area contributed by atoms with Crippen molar-refractivity contribution in [3.8, 4) is 0 Å². The van der Waals surface area contributed by atoms with E-state index in [1.165, 1.54) is 12.1 Å². The zero-order valence-electron chi connectivity index (χ0n) is 26.1. The van der Waals surface area contributed by atoms with Gasteiger partial charge in [-0.15, -0.1) is 0 Å². The van der Waals surface area contributed by atoms with E-state index in [9.17, 15) is 32.7 Å². The van der Waals surface area contributed by atoms with Crippen LogP contribution in [0.3, 0.4) is 0 Å². The number of carboxylic acid groups (broad SMARTS) is 1. The molecule has 244 valence electrons. The Labute approximate surface area is 264 Å². The predicted molar refractivity (Wildman–Crippen MR) is 167 cm³/mol. The molecule has 0 aliphatic carbocycles. The van der Waals surface area contributed by atoms with E-state index in [0.717, 1.165) is 14.8 Å². The number of piperidine rings is 1. The van der Waals surface area contributed by atoms with Crippen molar-refractivity contribution in [2.24, 2.45) is 5.92 Å². The van der Waals surface area contributed by atoms with E-state index in [2.05, 4.69) is 10.6 Å². The molecule has 2 aliphatic heterocycles. The highest BCUT2D eigenvalue weighted by molar-refractivity contribution is 7.89. The molecule has 2 saturated heterocycles. The number of hydrogen-bond donors (Lipinski definition) is 3. The van der Waals surface area contributed by atoms with Crippen molar-refractivity contribution < 1.29 is 37.4 Å². The Balaban J connectivity index is 1.49. The number of rotatable bonds is 9. The van der Waals surface area contributed by atoms with Gasteiger partial charge in [0.25, 0.3) is 0 Å². The SMILES string of the molecule is Cc1ccc(S(=O)(=O)N2CCC[C@H]2C(=O)N[C@@H](Cc2ccc(N(C(=O)OC(C)(C)C)C(=O)C3CCNCC3)cc2)C(=O)O)cc1. The third-order valence-corrected chi connectivity index (χ3v) is 9.79. The Morgan fingerprint density at radius 1 is 1.02 bits per heavy atom. The van der Waals surface area contributed by atoms with Crippen LogP contribution in [-0.2, 0) is 35.6 Å². The summed E-state index contributed by atoms with van der Waals surface area (Å²) < 4.78 is 33.3. The van der Waals surface area contributed by atoms with Crippen LogP contribution in [0.15, 0.2) is 53.4 Å². The van der Waals surface area contributed by atoms with E-state index in [-0.39, 0.29) is 41.8 Å². The number of nitrogens with zero attached hydrogens (tertiary/aromatic N) is 2. The fourth-order valence-corrected chi connectivity index (χ4v) is 7.16. The van der Waals surface area contributed by atoms with Gasteiger partial charge in [-0.05, 0) is 96.3 Å². The first-order chi connectivity index (χ1) is 21.2. The van der Waals surface area contributed by atoms with Crippen LogP contribution < -0.4 is 15.5 Å². The number of carboxylic acids is 1. The number of anilines is 1. The van der Waals surface area contributed by atoms with Crippen LogP contribution in [0.5, 0.6) is 0 Å². The Kier molecular flexibility index (Phi) is 10.7. The molecule has 3 N–H and O–H groups in total. The molecule has 0 bridgehead atoms. The topological polar surface area (TPSA) is 162 Å². The van der Waals surface area contributed by atoms with Crippen LogP contribution in [0.4, 0.5) is 10.5 Å². The fourth-order valence-electron chi connectivity index (χ4n) is 5.50. The first-order valence-corrected chi connectivity index (χ1v) is 16.6. The number of benzene rings is 2. The van der Waals surface area contributed by atoms with Crippen LogP contribution in [0.2, 0.25) is 0 Å². The number of nitrogens with one attached hydrogen (secondary N) is 2. The molecule has 2 aromatic rings. The van der Waals surface area contributed by atoms with Gasteiger partial charge in [0, 0.05) is 18.9 Å². The second kappa shape index (κ2) is 14.1. The van der Waals surface area contributed by atoms with E-state index < -0.39 is 45.7 Å². The van der Waals surface area contributed by atoms with Crippen molar-refractivity contribution in [3.05, 3.63) is 59.7 Å². The van der Waals surface area contributed by atoms with Gasteiger partial charge in [-0.1, -0.05) is 29.8 Å². The quantitative estimate of drug-likeness (QED) is 0.373. The Morgan fingerprint density at radius 3 is 2.22 bits per heavy atom.